The van der Waals surface area contributed by atoms with Gasteiger partial charge >= 0.3 is 0 Å². The maximum Gasteiger partial charge on any atom is 0.239 e. The van der Waals surface area contributed by atoms with Crippen LogP contribution in [0.25, 0.3) is 0 Å². The fourth-order valence-corrected chi connectivity index (χ4v) is 3.14. The average molecular weight is 608 g/mol. The highest BCUT2D eigenvalue weighted by Crippen LogP contribution is 2.16. The molecular weight excluding hydrogens is 554 g/mol. The fourth-order valence-electron chi connectivity index (χ4n) is 3.14. The van der Waals surface area contributed by atoms with E-state index in [9.17, 15) is 24.0 Å². The molecular formula is C31H53N5O7. The molecule has 12 heteroatoms. The van der Waals surface area contributed by atoms with Crippen LogP contribution in [0.5, 0.6) is 0 Å². The summed E-state index contributed by atoms with van der Waals surface area (Å²) in [4.78, 5) is 59.0. The molecule has 5 N–H and O–H groups in total. The van der Waals surface area contributed by atoms with E-state index in [1.165, 1.54) is 5.56 Å². The van der Waals surface area contributed by atoms with E-state index in [4.69, 9.17) is 9.47 Å². The number of nitrogens with one attached hydrogen (secondary N) is 5. The van der Waals surface area contributed by atoms with Crippen molar-refractivity contribution in [1.82, 2.24) is 26.6 Å². The third-order valence-corrected chi connectivity index (χ3v) is 5.99. The summed E-state index contributed by atoms with van der Waals surface area (Å²) in [5.74, 6) is -2.22. The van der Waals surface area contributed by atoms with Gasteiger partial charge < -0.3 is 36.1 Å². The predicted molar refractivity (Wildman–Crippen MR) is 166 cm³/mol. The highest BCUT2D eigenvalue weighted by Gasteiger charge is 2.23. The van der Waals surface area contributed by atoms with Crippen LogP contribution in [0.15, 0.2) is 30.3 Å². The first-order valence-electron chi connectivity index (χ1n) is 14.7. The Morgan fingerprint density at radius 1 is 0.674 bits per heavy atom. The Kier molecular flexibility index (Phi) is 20.3. The predicted octanol–water partition coefficient (Wildman–Crippen LogP) is 1.61. The van der Waals surface area contributed by atoms with E-state index in [1.54, 1.807) is 7.11 Å². The SMILES string of the molecule is CCCCCC(=O)NCC(=O)NCC(=O)NCC(=O)NCC(=O)NCC(C)(C)COCC(C)(C)OC.Cc1ccccc1. The van der Waals surface area contributed by atoms with Crippen LogP contribution in [0, 0.1) is 12.3 Å². The Labute approximate surface area is 256 Å². The first-order chi connectivity index (χ1) is 20.2. The lowest BCUT2D eigenvalue weighted by Crippen LogP contribution is -2.46. The van der Waals surface area contributed by atoms with E-state index in [-0.39, 0.29) is 43.4 Å². The number of ether oxygens (including phenoxy) is 2. The Morgan fingerprint density at radius 3 is 1.56 bits per heavy atom. The lowest BCUT2D eigenvalue weighted by molar-refractivity contribution is -0.129. The number of unbranched alkanes of at least 4 members (excludes halogenated alkanes) is 2. The van der Waals surface area contributed by atoms with Crippen LogP contribution in [-0.4, -0.2) is 88.2 Å². The molecule has 0 spiro atoms. The molecule has 12 nitrogen and oxygen atoms in total. The summed E-state index contributed by atoms with van der Waals surface area (Å²) in [5.41, 5.74) is 0.609. The maximum absolute atomic E-state index is 12.0. The Hall–Kier alpha value is -3.51. The van der Waals surface area contributed by atoms with Crippen molar-refractivity contribution in [3.8, 4) is 0 Å². The highest BCUT2D eigenvalue weighted by atomic mass is 16.5. The summed E-state index contributed by atoms with van der Waals surface area (Å²) in [6.07, 6.45) is 3.06. The van der Waals surface area contributed by atoms with Crippen LogP contribution in [-0.2, 0) is 33.4 Å². The molecule has 0 aliphatic rings. The molecule has 43 heavy (non-hydrogen) atoms. The summed E-state index contributed by atoms with van der Waals surface area (Å²) >= 11 is 0. The van der Waals surface area contributed by atoms with E-state index in [0.717, 1.165) is 19.3 Å². The molecule has 1 aromatic rings. The molecule has 0 aromatic heterocycles. The molecule has 0 aliphatic heterocycles. The Morgan fingerprint density at radius 2 is 1.14 bits per heavy atom. The van der Waals surface area contributed by atoms with Gasteiger partial charge in [0, 0.05) is 25.5 Å². The van der Waals surface area contributed by atoms with Crippen molar-refractivity contribution in [1.29, 1.82) is 0 Å². The molecule has 0 bridgehead atoms. The van der Waals surface area contributed by atoms with Crippen molar-refractivity contribution in [2.45, 2.75) is 72.8 Å². The van der Waals surface area contributed by atoms with Crippen molar-refractivity contribution in [2.24, 2.45) is 5.41 Å². The number of carbonyl (C=O) groups is 5. The summed E-state index contributed by atoms with van der Waals surface area (Å²) in [7, 11) is 1.62. The zero-order valence-corrected chi connectivity index (χ0v) is 27.0. The van der Waals surface area contributed by atoms with Crippen molar-refractivity contribution < 1.29 is 33.4 Å². The van der Waals surface area contributed by atoms with Crippen molar-refractivity contribution in [3.05, 3.63) is 35.9 Å². The van der Waals surface area contributed by atoms with Gasteiger partial charge in [-0.05, 0) is 27.2 Å². The monoisotopic (exact) mass is 607 g/mol. The van der Waals surface area contributed by atoms with Gasteiger partial charge in [0.1, 0.15) is 0 Å². The van der Waals surface area contributed by atoms with E-state index in [2.05, 4.69) is 45.6 Å². The van der Waals surface area contributed by atoms with Crippen LogP contribution in [0.3, 0.4) is 0 Å². The van der Waals surface area contributed by atoms with Gasteiger partial charge in [-0.2, -0.15) is 0 Å². The number of methoxy groups -OCH3 is 1. The quantitative estimate of drug-likeness (QED) is 0.149. The summed E-state index contributed by atoms with van der Waals surface area (Å²) in [6.45, 7) is 11.9. The molecule has 1 aromatic carbocycles. The first-order valence-corrected chi connectivity index (χ1v) is 14.7. The number of hydrogen-bond acceptors (Lipinski definition) is 7. The molecule has 0 atom stereocenters. The number of rotatable bonds is 19. The molecule has 0 saturated carbocycles. The summed E-state index contributed by atoms with van der Waals surface area (Å²) in [5, 5.41) is 12.3. The molecule has 5 amide bonds. The Balaban J connectivity index is 0.00000218. The van der Waals surface area contributed by atoms with Crippen LogP contribution in [0.4, 0.5) is 0 Å². The third kappa shape index (κ3) is 23.7. The molecule has 244 valence electrons. The van der Waals surface area contributed by atoms with Crippen molar-refractivity contribution in [3.63, 3.8) is 0 Å². The van der Waals surface area contributed by atoms with Crippen molar-refractivity contribution >= 4 is 29.5 Å². The standard InChI is InChI=1S/C24H45N5O7.C7H8/c1-7-8-9-10-18(30)25-11-19(31)26-12-20(32)27-13-21(33)28-14-22(34)29-15-23(2,3)16-36-17-24(4,5)35-6;1-7-5-3-2-4-6-7/h7-17H2,1-6H3,(H,25,30)(H,26,31)(H,27,32)(H,28,33)(H,29,34);2-6H,1H3. The second kappa shape index (κ2) is 22.1. The molecule has 0 aliphatic carbocycles. The number of hydrogen-bond donors (Lipinski definition) is 5. The van der Waals surface area contributed by atoms with Gasteiger partial charge in [0.15, 0.2) is 0 Å². The minimum absolute atomic E-state index is 0.216. The highest BCUT2D eigenvalue weighted by molar-refractivity contribution is 5.91. The minimum Gasteiger partial charge on any atom is -0.378 e. The van der Waals surface area contributed by atoms with Gasteiger partial charge in [-0.1, -0.05) is 69.5 Å². The molecule has 1 rings (SSSR count). The molecule has 0 fully saturated rings. The second-order valence-electron chi connectivity index (χ2n) is 11.6. The summed E-state index contributed by atoms with van der Waals surface area (Å²) < 4.78 is 11.0. The lowest BCUT2D eigenvalue weighted by atomic mass is 9.95. The lowest BCUT2D eigenvalue weighted by Gasteiger charge is -2.28. The number of amides is 5. The van der Waals surface area contributed by atoms with Gasteiger partial charge in [-0.3, -0.25) is 24.0 Å². The number of carbonyl (C=O) groups excluding carboxylic acids is 5. The zero-order chi connectivity index (χ0) is 32.7. The second-order valence-corrected chi connectivity index (χ2v) is 11.6. The van der Waals surface area contributed by atoms with Crippen LogP contribution < -0.4 is 26.6 Å². The normalized spacial score (nSPS) is 11.0. The fraction of sp³-hybridized carbons (Fsp3) is 0.645. The van der Waals surface area contributed by atoms with E-state index >= 15 is 0 Å². The van der Waals surface area contributed by atoms with Gasteiger partial charge in [0.25, 0.3) is 0 Å². The van der Waals surface area contributed by atoms with E-state index < -0.39 is 23.3 Å². The first kappa shape index (κ1) is 39.5. The maximum atomic E-state index is 12.0. The van der Waals surface area contributed by atoms with Crippen molar-refractivity contribution in [2.75, 3.05) is 53.0 Å². The van der Waals surface area contributed by atoms with Gasteiger partial charge in [-0.15, -0.1) is 0 Å². The number of aryl methyl sites for hydroxylation is 1. The molecule has 0 unspecified atom stereocenters. The van der Waals surface area contributed by atoms with E-state index in [1.807, 2.05) is 52.8 Å². The topological polar surface area (TPSA) is 164 Å². The molecule has 0 radical (unpaired) electrons. The molecule has 0 saturated heterocycles. The van der Waals surface area contributed by atoms with Crippen LogP contribution in [0.2, 0.25) is 0 Å². The van der Waals surface area contributed by atoms with Crippen LogP contribution in [0.1, 0.15) is 65.9 Å². The largest absolute Gasteiger partial charge is 0.378 e. The average Bonchev–Trinajstić information content (AvgIpc) is 2.96. The van der Waals surface area contributed by atoms with Gasteiger partial charge in [0.2, 0.25) is 29.5 Å². The molecule has 0 heterocycles. The third-order valence-electron chi connectivity index (χ3n) is 5.99. The zero-order valence-electron chi connectivity index (χ0n) is 27.0. The van der Waals surface area contributed by atoms with Gasteiger partial charge in [0.05, 0.1) is 45.0 Å². The van der Waals surface area contributed by atoms with Gasteiger partial charge in [-0.25, -0.2) is 0 Å². The van der Waals surface area contributed by atoms with E-state index in [0.29, 0.717) is 26.2 Å². The minimum atomic E-state index is -0.573. The van der Waals surface area contributed by atoms with Crippen LogP contribution >= 0.6 is 0 Å². The summed E-state index contributed by atoms with van der Waals surface area (Å²) in [6, 6.07) is 10.3. The smallest absolute Gasteiger partial charge is 0.239 e. The number of benzene rings is 1. The Bertz CT molecular complexity index is 984.